The molecule has 0 saturated heterocycles. The van der Waals surface area contributed by atoms with Gasteiger partial charge in [-0.2, -0.15) is 31.6 Å². The Morgan fingerprint density at radius 1 is 0.422 bits per heavy atom. The number of anilines is 7. The third-order valence-electron chi connectivity index (χ3n) is 13.6. The summed E-state index contributed by atoms with van der Waals surface area (Å²) in [5, 5.41) is 12.1. The first-order valence-electron chi connectivity index (χ1n) is 32.9. The smallest absolute Gasteiger partial charge is 0.384 e. The molecule has 0 spiro atoms. The minimum atomic E-state index is -4.45. The first-order valence-corrected chi connectivity index (χ1v) is 33.6. The van der Waals surface area contributed by atoms with Crippen molar-refractivity contribution in [3.05, 3.63) is 145 Å². The molecule has 2 amide bonds. The number of nitrogens with one attached hydrogen (secondary N) is 1. The van der Waals surface area contributed by atoms with Crippen LogP contribution >= 0.6 is 23.2 Å². The second kappa shape index (κ2) is 38.7. The van der Waals surface area contributed by atoms with Crippen molar-refractivity contribution in [1.29, 1.82) is 5.26 Å². The van der Waals surface area contributed by atoms with Crippen molar-refractivity contribution in [2.45, 2.75) is 236 Å². The number of hydrogen-bond donors (Lipinski definition) is 9. The standard InChI is InChI=1S/C10H13F3N2.C10H16N4O.C9H12F3N3.C9H14N4O.C9H12N4.2C8H12ClN3.C8H12FN3.CH4/c1-6-7(10(11,12)13)5-14-8(15-6)9(2,3)4;1-10(2,3)7-6(8(15)12-4)5-13-9(11)14-7;1-8(2,3)6-5(9(10,11)12)4-14-7(13)15-6;1-9(2,3)6-5(7(10)14)4-12-8(11)13-6;1-9(2,3)7-6(4-10)5-12-8(11)13-7;1-8(2,3)6-5(9)4-11-7(10)12-6;1-8(2,3)5-4-6(10)12-7(9)11-5;1-8(2,3)6-5(9)4-11-7(10)12-6;/h5H,1-4H3;5H,1-4H3,(H,12,15)(H2,11,13,14);4H,1-3H3,(H2,13,14,15);4H,1-3H3,(H2,10,14)(H2,11,12,13);5H,1-3H3,(H2,11,12,13);3*4H,1-3H3,(H2,10,11,12);1H4. The van der Waals surface area contributed by atoms with Crippen LogP contribution in [0.4, 0.5) is 72.2 Å². The highest BCUT2D eigenvalue weighted by Crippen LogP contribution is 2.37. The van der Waals surface area contributed by atoms with Crippen molar-refractivity contribution in [3.8, 4) is 6.07 Å². The zero-order valence-electron chi connectivity index (χ0n) is 66.1. The van der Waals surface area contributed by atoms with Gasteiger partial charge in [-0.15, -0.1) is 0 Å². The Balaban J connectivity index is 0.00000122. The average Bonchev–Trinajstić information content (AvgIpc) is 0.822. The molecule has 0 bridgehead atoms. The number of amides is 2. The maximum atomic E-state index is 13.1. The lowest BCUT2D eigenvalue weighted by atomic mass is 9.88. The van der Waals surface area contributed by atoms with Crippen LogP contribution in [0.3, 0.4) is 0 Å². The summed E-state index contributed by atoms with van der Waals surface area (Å²) in [6.45, 7) is 47.3. The van der Waals surface area contributed by atoms with E-state index < -0.39 is 40.6 Å². The molecule has 17 N–H and O–H groups in total. The zero-order valence-corrected chi connectivity index (χ0v) is 67.6. The van der Waals surface area contributed by atoms with Gasteiger partial charge >= 0.3 is 12.4 Å². The molecule has 0 aliphatic heterocycles. The van der Waals surface area contributed by atoms with Gasteiger partial charge in [-0.3, -0.25) is 9.59 Å². The molecule has 8 rings (SSSR count). The third kappa shape index (κ3) is 33.0. The van der Waals surface area contributed by atoms with E-state index >= 15 is 0 Å². The van der Waals surface area contributed by atoms with Crippen molar-refractivity contribution in [2.75, 3.05) is 47.2 Å². The van der Waals surface area contributed by atoms with E-state index in [1.54, 1.807) is 33.9 Å². The number of carbonyl (C=O) groups is 2. The molecule has 37 heteroatoms. The van der Waals surface area contributed by atoms with Crippen LogP contribution in [-0.4, -0.2) is 98.6 Å². The monoisotopic (exact) mass is 1570 g/mol. The minimum Gasteiger partial charge on any atom is -0.384 e. The Morgan fingerprint density at radius 2 is 0.771 bits per heavy atom. The molecule has 28 nitrogen and oxygen atoms in total. The topological polar surface area (TPSA) is 484 Å². The number of rotatable bonds is 2. The number of nitrogens with zero attached hydrogens (tertiary/aromatic N) is 17. The molecule has 0 aliphatic rings. The summed E-state index contributed by atoms with van der Waals surface area (Å²) in [4.78, 5) is 83.9. The van der Waals surface area contributed by atoms with E-state index in [0.29, 0.717) is 56.1 Å². The fourth-order valence-electron chi connectivity index (χ4n) is 8.38. The van der Waals surface area contributed by atoms with Gasteiger partial charge in [-0.05, 0) is 18.5 Å². The van der Waals surface area contributed by atoms with Crippen molar-refractivity contribution in [3.63, 3.8) is 0 Å². The van der Waals surface area contributed by atoms with Crippen LogP contribution < -0.4 is 51.2 Å². The number of carbonyl (C=O) groups excluding carboxylic acids is 2. The maximum Gasteiger partial charge on any atom is 0.419 e. The number of halogens is 9. The number of primary amides is 1. The molecule has 600 valence electrons. The Hall–Kier alpha value is -10.2. The van der Waals surface area contributed by atoms with Crippen LogP contribution in [0.15, 0.2) is 49.4 Å². The molecule has 8 aromatic heterocycles. The Labute approximate surface area is 644 Å². The molecule has 8 aromatic rings. The Bertz CT molecular complexity index is 4310. The van der Waals surface area contributed by atoms with E-state index in [4.69, 9.17) is 74.3 Å². The summed E-state index contributed by atoms with van der Waals surface area (Å²) in [5.41, 5.74) is 44.5. The van der Waals surface area contributed by atoms with Gasteiger partial charge in [0.05, 0.1) is 97.0 Å². The quantitative estimate of drug-likeness (QED) is 0.0573. The van der Waals surface area contributed by atoms with Crippen LogP contribution in [0.1, 0.15) is 262 Å². The largest absolute Gasteiger partial charge is 0.419 e. The fourth-order valence-corrected chi connectivity index (χ4v) is 8.94. The molecule has 0 aliphatic carbocycles. The van der Waals surface area contributed by atoms with E-state index in [1.807, 2.05) is 151 Å². The summed E-state index contributed by atoms with van der Waals surface area (Å²) < 4.78 is 88.0. The Kier molecular flexibility index (Phi) is 35.1. The van der Waals surface area contributed by atoms with E-state index in [1.165, 1.54) is 31.7 Å². The number of nitrogen functional groups attached to an aromatic ring is 7. The second-order valence-electron chi connectivity index (χ2n) is 32.0. The highest BCUT2D eigenvalue weighted by Gasteiger charge is 2.39. The molecule has 8 heterocycles. The molecular formula is C72H107Cl2F7N26O2. The van der Waals surface area contributed by atoms with Gasteiger partial charge in [0.2, 0.25) is 41.0 Å². The lowest BCUT2D eigenvalue weighted by molar-refractivity contribution is -0.139. The average molecular weight is 1570 g/mol. The summed E-state index contributed by atoms with van der Waals surface area (Å²) in [6, 6.07) is 3.79. The van der Waals surface area contributed by atoms with Gasteiger partial charge in [0.25, 0.3) is 11.8 Å². The van der Waals surface area contributed by atoms with Crippen molar-refractivity contribution in [1.82, 2.24) is 85.1 Å². The molecule has 0 aromatic carbocycles. The molecule has 0 atom stereocenters. The lowest BCUT2D eigenvalue weighted by Gasteiger charge is -2.22. The summed E-state index contributed by atoms with van der Waals surface area (Å²) in [6.07, 6.45) is -0.327. The van der Waals surface area contributed by atoms with Gasteiger partial charge in [0.1, 0.15) is 17.7 Å². The second-order valence-corrected chi connectivity index (χ2v) is 32.7. The highest BCUT2D eigenvalue weighted by molar-refractivity contribution is 6.31. The number of nitriles is 1. The molecule has 0 radical (unpaired) electrons. The van der Waals surface area contributed by atoms with Gasteiger partial charge in [0, 0.05) is 81.2 Å². The van der Waals surface area contributed by atoms with Crippen molar-refractivity contribution in [2.24, 2.45) is 5.73 Å². The molecular weight excluding hydrogens is 1460 g/mol. The van der Waals surface area contributed by atoms with Gasteiger partial charge < -0.3 is 51.2 Å². The molecule has 0 saturated carbocycles. The van der Waals surface area contributed by atoms with E-state index in [0.717, 1.165) is 30.0 Å². The van der Waals surface area contributed by atoms with E-state index in [-0.39, 0.29) is 104 Å². The van der Waals surface area contributed by atoms with Gasteiger partial charge in [-0.25, -0.2) is 84.1 Å². The van der Waals surface area contributed by atoms with Crippen LogP contribution in [0.2, 0.25) is 10.3 Å². The highest BCUT2D eigenvalue weighted by atomic mass is 35.5. The third-order valence-corrected chi connectivity index (χ3v) is 14.1. The molecule has 0 fully saturated rings. The SMILES string of the molecule is C.CC(C)(C)c1cc(N)nc(Cl)n1.CC(C)(C)c1nc(N)ncc1C#N.CC(C)(C)c1nc(N)ncc1C(F)(F)F.CC(C)(C)c1nc(N)ncc1C(N)=O.CC(C)(C)c1nc(N)ncc1Cl.CC(C)(C)c1nc(N)ncc1F.CNC(=O)c1cnc(N)nc1C(C)(C)C.Cc1nc(C(C)(C)C)ncc1C(F)(F)F. The van der Waals surface area contributed by atoms with Crippen molar-refractivity contribution >= 4 is 76.5 Å². The number of hydrogen-bond acceptors (Lipinski definition) is 26. The summed E-state index contributed by atoms with van der Waals surface area (Å²) in [5.74, 6) is 0.495. The van der Waals surface area contributed by atoms with Crippen molar-refractivity contribution < 1.29 is 40.3 Å². The van der Waals surface area contributed by atoms with E-state index in [9.17, 15) is 40.3 Å². The van der Waals surface area contributed by atoms with Crippen LogP contribution in [-0.2, 0) is 55.7 Å². The van der Waals surface area contributed by atoms with E-state index in [2.05, 4.69) is 85.1 Å². The summed E-state index contributed by atoms with van der Waals surface area (Å²) >= 11 is 11.6. The van der Waals surface area contributed by atoms with Gasteiger partial charge in [0.15, 0.2) is 5.82 Å². The van der Waals surface area contributed by atoms with Crippen LogP contribution in [0, 0.1) is 24.1 Å². The minimum absolute atomic E-state index is 0. The zero-order chi connectivity index (χ0) is 84.4. The van der Waals surface area contributed by atoms with Crippen LogP contribution in [0.5, 0.6) is 0 Å². The lowest BCUT2D eigenvalue weighted by Crippen LogP contribution is -2.26. The van der Waals surface area contributed by atoms with Crippen LogP contribution in [0.25, 0.3) is 0 Å². The first kappa shape index (κ1) is 98.8. The Morgan fingerprint density at radius 3 is 1.12 bits per heavy atom. The molecule has 109 heavy (non-hydrogen) atoms. The predicted octanol–water partition coefficient (Wildman–Crippen LogP) is 14.0. The molecule has 0 unspecified atom stereocenters. The van der Waals surface area contributed by atoms with Gasteiger partial charge in [-0.1, -0.05) is 185 Å². The number of nitrogens with two attached hydrogens (primary N) is 8. The number of aromatic nitrogens is 16. The number of alkyl halides is 6. The first-order chi connectivity index (χ1) is 48.6. The predicted molar refractivity (Wildman–Crippen MR) is 415 cm³/mol. The normalized spacial score (nSPS) is 11.7. The summed E-state index contributed by atoms with van der Waals surface area (Å²) in [7, 11) is 1.57. The fraction of sp³-hybridized carbons (Fsp3) is 0.514. The maximum absolute atomic E-state index is 13.1. The number of aryl methyl sites for hydroxylation is 1.